The van der Waals surface area contributed by atoms with Crippen LogP contribution in [0, 0.1) is 0 Å². The molecular formula is C19H21NO3S. The van der Waals surface area contributed by atoms with Crippen molar-refractivity contribution in [2.24, 2.45) is 0 Å². The molecule has 126 valence electrons. The Balaban J connectivity index is 1.30. The van der Waals surface area contributed by atoms with Crippen molar-refractivity contribution in [3.63, 3.8) is 0 Å². The van der Waals surface area contributed by atoms with Crippen LogP contribution in [0.2, 0.25) is 0 Å². The number of hydrogen-bond donors (Lipinski definition) is 1. The predicted octanol–water partition coefficient (Wildman–Crippen LogP) is 3.40. The van der Waals surface area contributed by atoms with E-state index in [9.17, 15) is 4.79 Å². The maximum Gasteiger partial charge on any atom is 0.231 e. The fraction of sp³-hybridized carbons (Fsp3) is 0.316. The van der Waals surface area contributed by atoms with Crippen LogP contribution in [0.1, 0.15) is 17.5 Å². The predicted molar refractivity (Wildman–Crippen MR) is 96.5 cm³/mol. The zero-order valence-electron chi connectivity index (χ0n) is 13.5. The molecule has 0 spiro atoms. The lowest BCUT2D eigenvalue weighted by atomic mass is 10.1. The fourth-order valence-electron chi connectivity index (χ4n) is 2.47. The Hall–Kier alpha value is -2.14. The van der Waals surface area contributed by atoms with Crippen molar-refractivity contribution in [2.45, 2.75) is 18.6 Å². The number of aryl methyl sites for hydroxylation is 1. The van der Waals surface area contributed by atoms with E-state index in [2.05, 4.69) is 17.4 Å². The Morgan fingerprint density at radius 3 is 2.75 bits per heavy atom. The van der Waals surface area contributed by atoms with Gasteiger partial charge in [0.25, 0.3) is 0 Å². The average molecular weight is 343 g/mol. The Labute approximate surface area is 146 Å². The summed E-state index contributed by atoms with van der Waals surface area (Å²) in [6.07, 6.45) is 1.20. The number of hydrogen-bond acceptors (Lipinski definition) is 4. The number of rotatable bonds is 8. The van der Waals surface area contributed by atoms with Gasteiger partial charge in [-0.1, -0.05) is 36.4 Å². The second-order valence-electron chi connectivity index (χ2n) is 5.58. The van der Waals surface area contributed by atoms with E-state index in [-0.39, 0.29) is 12.7 Å². The highest BCUT2D eigenvalue weighted by molar-refractivity contribution is 7.98. The molecule has 0 radical (unpaired) electrons. The summed E-state index contributed by atoms with van der Waals surface area (Å²) in [5, 5.41) is 2.98. The van der Waals surface area contributed by atoms with Gasteiger partial charge in [-0.15, -0.1) is 0 Å². The Morgan fingerprint density at radius 2 is 1.88 bits per heavy atom. The minimum atomic E-state index is 0.0907. The summed E-state index contributed by atoms with van der Waals surface area (Å²) in [4.78, 5) is 11.9. The molecule has 5 heteroatoms. The van der Waals surface area contributed by atoms with E-state index in [1.165, 1.54) is 5.56 Å². The fourth-order valence-corrected chi connectivity index (χ4v) is 3.29. The van der Waals surface area contributed by atoms with Gasteiger partial charge < -0.3 is 14.8 Å². The van der Waals surface area contributed by atoms with Gasteiger partial charge in [-0.3, -0.25) is 4.79 Å². The lowest BCUT2D eigenvalue weighted by molar-refractivity contribution is -0.120. The highest BCUT2D eigenvalue weighted by atomic mass is 32.2. The SMILES string of the molecule is O=C(CCc1ccc2c(c1)OCO2)NCCSCc1ccccc1. The molecule has 4 nitrogen and oxygen atoms in total. The van der Waals surface area contributed by atoms with Crippen LogP contribution < -0.4 is 14.8 Å². The van der Waals surface area contributed by atoms with Crippen molar-refractivity contribution in [1.82, 2.24) is 5.32 Å². The summed E-state index contributed by atoms with van der Waals surface area (Å²) < 4.78 is 10.6. The molecule has 0 bridgehead atoms. The van der Waals surface area contributed by atoms with Crippen molar-refractivity contribution in [1.29, 1.82) is 0 Å². The number of benzene rings is 2. The molecule has 2 aromatic rings. The van der Waals surface area contributed by atoms with Crippen LogP contribution in [0.15, 0.2) is 48.5 Å². The van der Waals surface area contributed by atoms with Crippen molar-refractivity contribution < 1.29 is 14.3 Å². The molecule has 1 aliphatic rings. The molecular weight excluding hydrogens is 322 g/mol. The first kappa shape index (κ1) is 16.7. The van der Waals surface area contributed by atoms with Crippen molar-refractivity contribution in [3.05, 3.63) is 59.7 Å². The minimum Gasteiger partial charge on any atom is -0.454 e. The largest absolute Gasteiger partial charge is 0.454 e. The van der Waals surface area contributed by atoms with E-state index >= 15 is 0 Å². The van der Waals surface area contributed by atoms with E-state index < -0.39 is 0 Å². The third-order valence-electron chi connectivity index (χ3n) is 3.76. The Bertz CT molecular complexity index is 676. The summed E-state index contributed by atoms with van der Waals surface area (Å²) in [5.74, 6) is 3.54. The van der Waals surface area contributed by atoms with Gasteiger partial charge in [0.1, 0.15) is 0 Å². The van der Waals surface area contributed by atoms with Crippen LogP contribution in [0.5, 0.6) is 11.5 Å². The maximum absolute atomic E-state index is 11.9. The number of carbonyl (C=O) groups excluding carboxylic acids is 1. The third-order valence-corrected chi connectivity index (χ3v) is 4.79. The van der Waals surface area contributed by atoms with Crippen LogP contribution >= 0.6 is 11.8 Å². The molecule has 1 N–H and O–H groups in total. The van der Waals surface area contributed by atoms with Gasteiger partial charge in [0.05, 0.1) is 0 Å². The third kappa shape index (κ3) is 4.93. The molecule has 0 saturated carbocycles. The van der Waals surface area contributed by atoms with Crippen molar-refractivity contribution in [3.8, 4) is 11.5 Å². The van der Waals surface area contributed by atoms with E-state index in [1.54, 1.807) is 0 Å². The van der Waals surface area contributed by atoms with Gasteiger partial charge in [-0.05, 0) is 29.7 Å². The summed E-state index contributed by atoms with van der Waals surface area (Å²) in [6.45, 7) is 0.984. The van der Waals surface area contributed by atoms with Gasteiger partial charge in [-0.25, -0.2) is 0 Å². The van der Waals surface area contributed by atoms with Gasteiger partial charge in [0.2, 0.25) is 12.7 Å². The summed E-state index contributed by atoms with van der Waals surface area (Å²) in [6, 6.07) is 16.2. The summed E-state index contributed by atoms with van der Waals surface area (Å²) in [7, 11) is 0. The first-order chi connectivity index (χ1) is 11.8. The van der Waals surface area contributed by atoms with Gasteiger partial charge in [-0.2, -0.15) is 11.8 Å². The minimum absolute atomic E-state index is 0.0907. The van der Waals surface area contributed by atoms with E-state index in [4.69, 9.17) is 9.47 Å². The molecule has 0 atom stereocenters. The van der Waals surface area contributed by atoms with Crippen LogP contribution in [0.4, 0.5) is 0 Å². The molecule has 0 unspecified atom stereocenters. The molecule has 3 rings (SSSR count). The van der Waals surface area contributed by atoms with Crippen molar-refractivity contribution in [2.75, 3.05) is 19.1 Å². The molecule has 2 aromatic carbocycles. The zero-order valence-corrected chi connectivity index (χ0v) is 14.3. The number of fused-ring (bicyclic) bond motifs is 1. The van der Waals surface area contributed by atoms with Crippen molar-refractivity contribution >= 4 is 17.7 Å². The summed E-state index contributed by atoms with van der Waals surface area (Å²) in [5.41, 5.74) is 2.41. The molecule has 24 heavy (non-hydrogen) atoms. The molecule has 0 aromatic heterocycles. The topological polar surface area (TPSA) is 47.6 Å². The quantitative estimate of drug-likeness (QED) is 0.746. The molecule has 0 fully saturated rings. The Morgan fingerprint density at radius 1 is 1.04 bits per heavy atom. The molecule has 1 aliphatic heterocycles. The second kappa shape index (κ2) is 8.64. The number of thioether (sulfide) groups is 1. The van der Waals surface area contributed by atoms with E-state index in [0.717, 1.165) is 28.6 Å². The van der Waals surface area contributed by atoms with Crippen LogP contribution in [-0.4, -0.2) is 25.0 Å². The number of amides is 1. The highest BCUT2D eigenvalue weighted by Gasteiger charge is 2.13. The van der Waals surface area contributed by atoms with Gasteiger partial charge in [0.15, 0.2) is 11.5 Å². The monoisotopic (exact) mass is 343 g/mol. The van der Waals surface area contributed by atoms with Crippen LogP contribution in [0.25, 0.3) is 0 Å². The lowest BCUT2D eigenvalue weighted by Crippen LogP contribution is -2.25. The first-order valence-corrected chi connectivity index (χ1v) is 9.23. The first-order valence-electron chi connectivity index (χ1n) is 8.08. The number of ether oxygens (including phenoxy) is 2. The normalized spacial score (nSPS) is 12.2. The van der Waals surface area contributed by atoms with E-state index in [1.807, 2.05) is 48.2 Å². The highest BCUT2D eigenvalue weighted by Crippen LogP contribution is 2.32. The molecule has 1 heterocycles. The maximum atomic E-state index is 11.9. The van der Waals surface area contributed by atoms with Gasteiger partial charge in [0, 0.05) is 24.5 Å². The number of carbonyl (C=O) groups is 1. The average Bonchev–Trinajstić information content (AvgIpc) is 3.08. The van der Waals surface area contributed by atoms with E-state index in [0.29, 0.717) is 19.4 Å². The van der Waals surface area contributed by atoms with Crippen LogP contribution in [0.3, 0.4) is 0 Å². The second-order valence-corrected chi connectivity index (χ2v) is 6.68. The van der Waals surface area contributed by atoms with Crippen LogP contribution in [-0.2, 0) is 17.0 Å². The Kier molecular flexibility index (Phi) is 6.01. The molecule has 0 saturated heterocycles. The standard InChI is InChI=1S/C19H21NO3S/c21-19(20-10-11-24-13-16-4-2-1-3-5-16)9-7-15-6-8-17-18(12-15)23-14-22-17/h1-6,8,12H,7,9-11,13-14H2,(H,20,21). The summed E-state index contributed by atoms with van der Waals surface area (Å²) >= 11 is 1.83. The molecule has 1 amide bonds. The zero-order chi connectivity index (χ0) is 16.6. The van der Waals surface area contributed by atoms with Gasteiger partial charge >= 0.3 is 0 Å². The smallest absolute Gasteiger partial charge is 0.231 e. The molecule has 0 aliphatic carbocycles. The lowest BCUT2D eigenvalue weighted by Gasteiger charge is -2.06. The number of nitrogens with one attached hydrogen (secondary N) is 1.